The van der Waals surface area contributed by atoms with Gasteiger partial charge in [-0.05, 0) is 18.6 Å². The molecule has 1 aromatic heterocycles. The molecule has 0 fully saturated rings. The topological polar surface area (TPSA) is 30.2 Å². The first-order valence-electron chi connectivity index (χ1n) is 3.75. The number of aryl methyl sites for hydroxylation is 1. The van der Waals surface area contributed by atoms with Crippen LogP contribution in [0.25, 0.3) is 11.0 Å². The standard InChI is InChI=1S/C10H8O2/c1-7-2-3-8-4-5-12-10(8)9(7)6-11/h2-6H,1H3. The number of benzene rings is 1. The van der Waals surface area contributed by atoms with Crippen molar-refractivity contribution >= 4 is 17.3 Å². The van der Waals surface area contributed by atoms with Gasteiger partial charge in [0.25, 0.3) is 0 Å². The van der Waals surface area contributed by atoms with Gasteiger partial charge in [0.2, 0.25) is 0 Å². The van der Waals surface area contributed by atoms with Crippen LogP contribution in [0.3, 0.4) is 0 Å². The van der Waals surface area contributed by atoms with E-state index in [4.69, 9.17) is 4.42 Å². The van der Waals surface area contributed by atoms with Crippen molar-refractivity contribution in [3.8, 4) is 0 Å². The highest BCUT2D eigenvalue weighted by Gasteiger charge is 2.05. The number of carbonyl (C=O) groups excluding carboxylic acids is 1. The van der Waals surface area contributed by atoms with Crippen LogP contribution < -0.4 is 0 Å². The minimum atomic E-state index is 0.650. The number of hydrogen-bond acceptors (Lipinski definition) is 2. The minimum absolute atomic E-state index is 0.650. The third-order valence-electron chi connectivity index (χ3n) is 2.00. The summed E-state index contributed by atoms with van der Waals surface area (Å²) >= 11 is 0. The molecule has 2 rings (SSSR count). The zero-order valence-corrected chi connectivity index (χ0v) is 6.70. The van der Waals surface area contributed by atoms with Crippen LogP contribution in [0.1, 0.15) is 15.9 Å². The summed E-state index contributed by atoms with van der Waals surface area (Å²) in [5.74, 6) is 0. The van der Waals surface area contributed by atoms with Gasteiger partial charge < -0.3 is 4.42 Å². The fourth-order valence-electron chi connectivity index (χ4n) is 1.30. The molecule has 0 N–H and O–H groups in total. The molecule has 0 aliphatic carbocycles. The van der Waals surface area contributed by atoms with Crippen molar-refractivity contribution in [3.05, 3.63) is 35.6 Å². The minimum Gasteiger partial charge on any atom is -0.464 e. The Morgan fingerprint density at radius 2 is 2.17 bits per heavy atom. The number of rotatable bonds is 1. The number of carbonyl (C=O) groups is 1. The monoisotopic (exact) mass is 160 g/mol. The largest absolute Gasteiger partial charge is 0.464 e. The lowest BCUT2D eigenvalue weighted by Crippen LogP contribution is -1.85. The molecular formula is C10H8O2. The van der Waals surface area contributed by atoms with Crippen molar-refractivity contribution in [1.29, 1.82) is 0 Å². The Kier molecular flexibility index (Phi) is 1.47. The molecule has 12 heavy (non-hydrogen) atoms. The molecule has 0 bridgehead atoms. The van der Waals surface area contributed by atoms with Gasteiger partial charge in [0.05, 0.1) is 11.8 Å². The van der Waals surface area contributed by atoms with E-state index >= 15 is 0 Å². The summed E-state index contributed by atoms with van der Waals surface area (Å²) in [6.45, 7) is 1.89. The Labute approximate surface area is 69.8 Å². The van der Waals surface area contributed by atoms with Crippen molar-refractivity contribution in [1.82, 2.24) is 0 Å². The van der Waals surface area contributed by atoms with Gasteiger partial charge >= 0.3 is 0 Å². The molecule has 2 nitrogen and oxygen atoms in total. The lowest BCUT2D eigenvalue weighted by molar-refractivity contribution is 0.112. The first kappa shape index (κ1) is 7.10. The van der Waals surface area contributed by atoms with Gasteiger partial charge in [-0.2, -0.15) is 0 Å². The molecule has 0 atom stereocenters. The second-order valence-electron chi connectivity index (χ2n) is 2.75. The maximum Gasteiger partial charge on any atom is 0.154 e. The zero-order chi connectivity index (χ0) is 8.55. The molecule has 0 unspecified atom stereocenters. The van der Waals surface area contributed by atoms with Crippen LogP contribution in [-0.4, -0.2) is 6.29 Å². The average molecular weight is 160 g/mol. The Morgan fingerprint density at radius 1 is 1.33 bits per heavy atom. The molecular weight excluding hydrogens is 152 g/mol. The summed E-state index contributed by atoms with van der Waals surface area (Å²) in [6.07, 6.45) is 2.43. The van der Waals surface area contributed by atoms with Crippen molar-refractivity contribution in [2.75, 3.05) is 0 Å². The fraction of sp³-hybridized carbons (Fsp3) is 0.100. The molecule has 2 aromatic rings. The van der Waals surface area contributed by atoms with Crippen LogP contribution in [0.2, 0.25) is 0 Å². The van der Waals surface area contributed by atoms with Crippen LogP contribution in [-0.2, 0) is 0 Å². The smallest absolute Gasteiger partial charge is 0.154 e. The molecule has 0 spiro atoms. The average Bonchev–Trinajstić information content (AvgIpc) is 2.52. The summed E-state index contributed by atoms with van der Waals surface area (Å²) in [6, 6.07) is 5.71. The Balaban J connectivity index is 2.91. The van der Waals surface area contributed by atoms with Crippen molar-refractivity contribution in [2.24, 2.45) is 0 Å². The highest BCUT2D eigenvalue weighted by molar-refractivity contribution is 5.96. The van der Waals surface area contributed by atoms with Crippen molar-refractivity contribution in [2.45, 2.75) is 6.92 Å². The van der Waals surface area contributed by atoms with Gasteiger partial charge in [-0.15, -0.1) is 0 Å². The lowest BCUT2D eigenvalue weighted by atomic mass is 10.1. The molecule has 0 saturated heterocycles. The molecule has 0 radical (unpaired) electrons. The van der Waals surface area contributed by atoms with E-state index in [1.807, 2.05) is 25.1 Å². The summed E-state index contributed by atoms with van der Waals surface area (Å²) in [7, 11) is 0. The molecule has 60 valence electrons. The van der Waals surface area contributed by atoms with E-state index in [1.54, 1.807) is 6.26 Å². The third-order valence-corrected chi connectivity index (χ3v) is 2.00. The summed E-state index contributed by atoms with van der Waals surface area (Å²) in [5, 5.41) is 0.975. The Hall–Kier alpha value is -1.57. The molecule has 1 aromatic carbocycles. The third kappa shape index (κ3) is 0.848. The van der Waals surface area contributed by atoms with E-state index in [-0.39, 0.29) is 0 Å². The predicted octanol–water partition coefficient (Wildman–Crippen LogP) is 2.55. The SMILES string of the molecule is Cc1ccc2ccoc2c1C=O. The van der Waals surface area contributed by atoms with Crippen molar-refractivity contribution in [3.63, 3.8) is 0 Å². The van der Waals surface area contributed by atoms with E-state index in [0.717, 1.165) is 17.2 Å². The molecule has 0 amide bonds. The maximum atomic E-state index is 10.7. The first-order chi connectivity index (χ1) is 5.83. The van der Waals surface area contributed by atoms with E-state index in [0.29, 0.717) is 11.1 Å². The summed E-state index contributed by atoms with van der Waals surface area (Å²) in [4.78, 5) is 10.7. The van der Waals surface area contributed by atoms with Gasteiger partial charge in [0.15, 0.2) is 6.29 Å². The van der Waals surface area contributed by atoms with Gasteiger partial charge in [-0.3, -0.25) is 4.79 Å². The highest BCUT2D eigenvalue weighted by Crippen LogP contribution is 2.21. The van der Waals surface area contributed by atoms with Crippen molar-refractivity contribution < 1.29 is 9.21 Å². The quantitative estimate of drug-likeness (QED) is 0.600. The number of furan rings is 1. The van der Waals surface area contributed by atoms with Crippen LogP contribution >= 0.6 is 0 Å². The number of hydrogen-bond donors (Lipinski definition) is 0. The van der Waals surface area contributed by atoms with Gasteiger partial charge in [-0.1, -0.05) is 12.1 Å². The summed E-state index contributed by atoms with van der Waals surface area (Å²) in [5.41, 5.74) is 2.29. The molecule has 0 aliphatic rings. The Bertz CT molecular complexity index is 426. The zero-order valence-electron chi connectivity index (χ0n) is 6.70. The number of fused-ring (bicyclic) bond motifs is 1. The Morgan fingerprint density at radius 3 is 2.92 bits per heavy atom. The fourth-order valence-corrected chi connectivity index (χ4v) is 1.30. The normalized spacial score (nSPS) is 10.4. The van der Waals surface area contributed by atoms with Gasteiger partial charge in [0, 0.05) is 5.39 Å². The van der Waals surface area contributed by atoms with Gasteiger partial charge in [0.1, 0.15) is 5.58 Å². The molecule has 1 heterocycles. The van der Waals surface area contributed by atoms with Crippen LogP contribution in [0, 0.1) is 6.92 Å². The van der Waals surface area contributed by atoms with Crippen LogP contribution in [0.5, 0.6) is 0 Å². The van der Waals surface area contributed by atoms with E-state index in [2.05, 4.69) is 0 Å². The molecule has 0 aliphatic heterocycles. The summed E-state index contributed by atoms with van der Waals surface area (Å²) < 4.78 is 5.19. The second-order valence-corrected chi connectivity index (χ2v) is 2.75. The van der Waals surface area contributed by atoms with Crippen LogP contribution in [0.15, 0.2) is 28.9 Å². The lowest BCUT2D eigenvalue weighted by Gasteiger charge is -1.97. The maximum absolute atomic E-state index is 10.7. The predicted molar refractivity (Wildman–Crippen MR) is 46.3 cm³/mol. The second kappa shape index (κ2) is 2.48. The molecule has 0 saturated carbocycles. The first-order valence-corrected chi connectivity index (χ1v) is 3.75. The van der Waals surface area contributed by atoms with Gasteiger partial charge in [-0.25, -0.2) is 0 Å². The van der Waals surface area contributed by atoms with E-state index < -0.39 is 0 Å². The van der Waals surface area contributed by atoms with E-state index in [1.165, 1.54) is 0 Å². The van der Waals surface area contributed by atoms with E-state index in [9.17, 15) is 4.79 Å². The molecule has 2 heteroatoms. The number of aldehydes is 1. The van der Waals surface area contributed by atoms with Crippen LogP contribution in [0.4, 0.5) is 0 Å². The highest BCUT2D eigenvalue weighted by atomic mass is 16.3.